The van der Waals surface area contributed by atoms with Gasteiger partial charge in [-0.25, -0.2) is 4.98 Å². The molecule has 19 heavy (non-hydrogen) atoms. The first kappa shape index (κ1) is 12.3. The van der Waals surface area contributed by atoms with E-state index in [1.165, 1.54) is 5.56 Å². The zero-order valence-electron chi connectivity index (χ0n) is 10.6. The number of pyridine rings is 1. The molecule has 98 valence electrons. The molecule has 2 heterocycles. The van der Waals surface area contributed by atoms with Gasteiger partial charge in [-0.1, -0.05) is 41.9 Å². The van der Waals surface area contributed by atoms with E-state index < -0.39 is 0 Å². The van der Waals surface area contributed by atoms with Crippen molar-refractivity contribution in [3.05, 3.63) is 53.2 Å². The Kier molecular flexibility index (Phi) is 3.30. The van der Waals surface area contributed by atoms with E-state index in [9.17, 15) is 0 Å². The third-order valence-electron chi connectivity index (χ3n) is 3.57. The fourth-order valence-electron chi connectivity index (χ4n) is 2.73. The van der Waals surface area contributed by atoms with E-state index in [4.69, 9.17) is 17.3 Å². The van der Waals surface area contributed by atoms with Crippen molar-refractivity contribution in [2.45, 2.75) is 18.9 Å². The van der Waals surface area contributed by atoms with Crippen molar-refractivity contribution in [2.75, 3.05) is 17.2 Å². The second-order valence-electron chi connectivity index (χ2n) is 4.83. The largest absolute Gasteiger partial charge is 0.396 e. The smallest absolute Gasteiger partial charge is 0.152 e. The van der Waals surface area contributed by atoms with Crippen molar-refractivity contribution in [3.63, 3.8) is 0 Å². The highest BCUT2D eigenvalue weighted by atomic mass is 35.5. The summed E-state index contributed by atoms with van der Waals surface area (Å²) in [7, 11) is 0. The van der Waals surface area contributed by atoms with Crippen LogP contribution in [0.15, 0.2) is 42.6 Å². The predicted octanol–water partition coefficient (Wildman–Crippen LogP) is 3.66. The zero-order chi connectivity index (χ0) is 13.2. The first-order valence-corrected chi connectivity index (χ1v) is 6.86. The van der Waals surface area contributed by atoms with Crippen molar-refractivity contribution in [2.24, 2.45) is 0 Å². The van der Waals surface area contributed by atoms with Crippen LogP contribution in [-0.2, 0) is 0 Å². The Balaban J connectivity index is 1.95. The molecule has 1 aromatic carbocycles. The van der Waals surface area contributed by atoms with Crippen LogP contribution < -0.4 is 10.6 Å². The number of nitrogen functional groups attached to an aromatic ring is 1. The van der Waals surface area contributed by atoms with E-state index in [2.05, 4.69) is 34.1 Å². The predicted molar refractivity (Wildman–Crippen MR) is 79.4 cm³/mol. The lowest BCUT2D eigenvalue weighted by atomic mass is 10.0. The highest BCUT2D eigenvalue weighted by Gasteiger charge is 2.28. The molecule has 0 radical (unpaired) electrons. The highest BCUT2D eigenvalue weighted by Crippen LogP contribution is 2.37. The Morgan fingerprint density at radius 1 is 1.26 bits per heavy atom. The number of nitrogens with zero attached hydrogens (tertiary/aromatic N) is 2. The lowest BCUT2D eigenvalue weighted by molar-refractivity contribution is 0.712. The van der Waals surface area contributed by atoms with Crippen LogP contribution >= 0.6 is 11.6 Å². The van der Waals surface area contributed by atoms with Crippen LogP contribution in [0.3, 0.4) is 0 Å². The molecule has 0 amide bonds. The van der Waals surface area contributed by atoms with Crippen LogP contribution in [0, 0.1) is 0 Å². The standard InChI is InChI=1S/C15H16ClN3/c16-12-9-13(17)15(18-10-12)19-8-4-7-14(19)11-5-2-1-3-6-11/h1-3,5-6,9-10,14H,4,7-8,17H2. The molecule has 4 heteroatoms. The summed E-state index contributed by atoms with van der Waals surface area (Å²) >= 11 is 5.92. The van der Waals surface area contributed by atoms with E-state index >= 15 is 0 Å². The van der Waals surface area contributed by atoms with Gasteiger partial charge in [0.2, 0.25) is 0 Å². The van der Waals surface area contributed by atoms with Crippen molar-refractivity contribution in [1.29, 1.82) is 0 Å². The molecule has 0 saturated carbocycles. The molecule has 0 aliphatic carbocycles. The van der Waals surface area contributed by atoms with Gasteiger partial charge in [-0.15, -0.1) is 0 Å². The summed E-state index contributed by atoms with van der Waals surface area (Å²) < 4.78 is 0. The van der Waals surface area contributed by atoms with Crippen molar-refractivity contribution < 1.29 is 0 Å². The number of anilines is 2. The summed E-state index contributed by atoms with van der Waals surface area (Å²) in [5.74, 6) is 0.843. The van der Waals surface area contributed by atoms with Crippen LogP contribution in [0.2, 0.25) is 5.02 Å². The Bertz CT molecular complexity index is 571. The Morgan fingerprint density at radius 2 is 2.05 bits per heavy atom. The molecule has 0 spiro atoms. The third kappa shape index (κ3) is 2.38. The normalized spacial score (nSPS) is 18.8. The molecule has 0 bridgehead atoms. The van der Waals surface area contributed by atoms with E-state index in [1.54, 1.807) is 12.3 Å². The molecular formula is C15H16ClN3. The molecule has 1 aromatic heterocycles. The summed E-state index contributed by atoms with van der Waals surface area (Å²) in [6, 6.07) is 12.6. The van der Waals surface area contributed by atoms with Gasteiger partial charge in [0.1, 0.15) is 0 Å². The topological polar surface area (TPSA) is 42.1 Å². The zero-order valence-corrected chi connectivity index (χ0v) is 11.3. The van der Waals surface area contributed by atoms with Crippen molar-refractivity contribution >= 4 is 23.1 Å². The van der Waals surface area contributed by atoms with Crippen LogP contribution in [0.1, 0.15) is 24.4 Å². The van der Waals surface area contributed by atoms with Crippen LogP contribution in [0.5, 0.6) is 0 Å². The summed E-state index contributed by atoms with van der Waals surface area (Å²) in [5, 5.41) is 0.580. The Labute approximate surface area is 118 Å². The number of hydrogen-bond acceptors (Lipinski definition) is 3. The minimum atomic E-state index is 0.358. The minimum absolute atomic E-state index is 0.358. The lowest BCUT2D eigenvalue weighted by Crippen LogP contribution is -2.24. The summed E-state index contributed by atoms with van der Waals surface area (Å²) in [4.78, 5) is 6.68. The second kappa shape index (κ2) is 5.10. The van der Waals surface area contributed by atoms with Gasteiger partial charge in [-0.3, -0.25) is 0 Å². The molecule has 1 saturated heterocycles. The van der Waals surface area contributed by atoms with Crippen LogP contribution in [-0.4, -0.2) is 11.5 Å². The molecule has 2 N–H and O–H groups in total. The summed E-state index contributed by atoms with van der Waals surface area (Å²) in [6.45, 7) is 0.985. The van der Waals surface area contributed by atoms with Gasteiger partial charge in [-0.05, 0) is 24.5 Å². The fourth-order valence-corrected chi connectivity index (χ4v) is 2.90. The molecular weight excluding hydrogens is 258 g/mol. The van der Waals surface area contributed by atoms with Crippen molar-refractivity contribution in [3.8, 4) is 0 Å². The van der Waals surface area contributed by atoms with E-state index in [0.717, 1.165) is 25.2 Å². The molecule has 1 unspecified atom stereocenters. The maximum absolute atomic E-state index is 6.05. The number of nitrogens with two attached hydrogens (primary N) is 1. The number of rotatable bonds is 2. The molecule has 3 rings (SSSR count). The van der Waals surface area contributed by atoms with E-state index in [-0.39, 0.29) is 0 Å². The molecule has 1 aliphatic rings. The summed E-state index contributed by atoms with van der Waals surface area (Å²) in [6.07, 6.45) is 3.95. The molecule has 3 nitrogen and oxygen atoms in total. The van der Waals surface area contributed by atoms with Crippen molar-refractivity contribution in [1.82, 2.24) is 4.98 Å². The van der Waals surface area contributed by atoms with Gasteiger partial charge in [0.15, 0.2) is 5.82 Å². The monoisotopic (exact) mass is 273 g/mol. The quantitative estimate of drug-likeness (QED) is 0.908. The minimum Gasteiger partial charge on any atom is -0.396 e. The molecule has 1 fully saturated rings. The SMILES string of the molecule is Nc1cc(Cl)cnc1N1CCCC1c1ccccc1. The molecule has 1 atom stereocenters. The highest BCUT2D eigenvalue weighted by molar-refractivity contribution is 6.30. The Morgan fingerprint density at radius 3 is 2.79 bits per heavy atom. The molecule has 2 aromatic rings. The number of halogens is 1. The lowest BCUT2D eigenvalue weighted by Gasteiger charge is -2.27. The van der Waals surface area contributed by atoms with Crippen LogP contribution in [0.4, 0.5) is 11.5 Å². The Hall–Kier alpha value is -1.74. The van der Waals surface area contributed by atoms with E-state index in [0.29, 0.717) is 16.8 Å². The summed E-state index contributed by atoms with van der Waals surface area (Å²) in [5.41, 5.74) is 8.02. The van der Waals surface area contributed by atoms with Crippen LogP contribution in [0.25, 0.3) is 0 Å². The number of hydrogen-bond donors (Lipinski definition) is 1. The maximum Gasteiger partial charge on any atom is 0.152 e. The van der Waals surface area contributed by atoms with Gasteiger partial charge in [0.25, 0.3) is 0 Å². The second-order valence-corrected chi connectivity index (χ2v) is 5.26. The first-order chi connectivity index (χ1) is 9.25. The number of aromatic nitrogens is 1. The maximum atomic E-state index is 6.05. The van der Waals surface area contributed by atoms with Gasteiger partial charge in [-0.2, -0.15) is 0 Å². The number of benzene rings is 1. The van der Waals surface area contributed by atoms with Gasteiger partial charge >= 0.3 is 0 Å². The fraction of sp³-hybridized carbons (Fsp3) is 0.267. The van der Waals surface area contributed by atoms with Gasteiger partial charge in [0.05, 0.1) is 16.8 Å². The van der Waals surface area contributed by atoms with Gasteiger partial charge < -0.3 is 10.6 Å². The molecule has 1 aliphatic heterocycles. The van der Waals surface area contributed by atoms with Gasteiger partial charge in [0, 0.05) is 12.7 Å². The van der Waals surface area contributed by atoms with E-state index in [1.807, 2.05) is 6.07 Å². The average Bonchev–Trinajstić information content (AvgIpc) is 2.89. The average molecular weight is 274 g/mol. The first-order valence-electron chi connectivity index (χ1n) is 6.48. The third-order valence-corrected chi connectivity index (χ3v) is 3.78.